The number of rotatable bonds is 9. The molecule has 0 unspecified atom stereocenters. The maximum atomic E-state index is 12.5. The van der Waals surface area contributed by atoms with Crippen LogP contribution in [0.25, 0.3) is 0 Å². The van der Waals surface area contributed by atoms with Gasteiger partial charge < -0.3 is 14.7 Å². The van der Waals surface area contributed by atoms with E-state index in [1.807, 2.05) is 91.9 Å². The first kappa shape index (κ1) is 22.1. The zero-order chi connectivity index (χ0) is 21.3. The Kier molecular flexibility index (Phi) is 8.05. The number of ether oxygens (including phenoxy) is 1. The van der Waals surface area contributed by atoms with E-state index in [0.29, 0.717) is 6.61 Å². The third-order valence-electron chi connectivity index (χ3n) is 5.07. The quantitative estimate of drug-likeness (QED) is 0.435. The molecule has 3 aromatic carbocycles. The molecule has 0 aliphatic heterocycles. The second-order valence-corrected chi connectivity index (χ2v) is 7.69. The van der Waals surface area contributed by atoms with Gasteiger partial charge in [-0.2, -0.15) is 0 Å². The minimum atomic E-state index is -0.790. The van der Waals surface area contributed by atoms with Crippen molar-refractivity contribution in [1.29, 1.82) is 0 Å². The van der Waals surface area contributed by atoms with Crippen molar-refractivity contribution in [2.45, 2.75) is 25.7 Å². The number of aliphatic hydroxyl groups is 1. The van der Waals surface area contributed by atoms with Crippen LogP contribution in [0, 0.1) is 0 Å². The lowest BCUT2D eigenvalue weighted by molar-refractivity contribution is -0.132. The highest BCUT2D eigenvalue weighted by molar-refractivity contribution is 9.09. The Bertz CT molecular complexity index is 916. The normalized spacial score (nSPS) is 12.8. The van der Waals surface area contributed by atoms with Crippen LogP contribution in [0.3, 0.4) is 0 Å². The summed E-state index contributed by atoms with van der Waals surface area (Å²) in [6.07, 6.45) is -0.790. The van der Waals surface area contributed by atoms with Crippen LogP contribution in [-0.4, -0.2) is 27.8 Å². The molecule has 3 rings (SSSR count). The van der Waals surface area contributed by atoms with Crippen LogP contribution < -0.4 is 4.74 Å². The summed E-state index contributed by atoms with van der Waals surface area (Å²) in [6.45, 7) is 2.68. The van der Waals surface area contributed by atoms with Gasteiger partial charge >= 0.3 is 0 Å². The summed E-state index contributed by atoms with van der Waals surface area (Å²) in [5.74, 6) is 0.675. The lowest BCUT2D eigenvalue weighted by Gasteiger charge is -2.31. The minimum Gasteiger partial charge on any atom is -0.489 e. The van der Waals surface area contributed by atoms with Gasteiger partial charge in [0.05, 0.1) is 24.0 Å². The van der Waals surface area contributed by atoms with Crippen LogP contribution in [-0.2, 0) is 11.4 Å². The fourth-order valence-corrected chi connectivity index (χ4v) is 3.61. The largest absolute Gasteiger partial charge is 0.489 e. The molecule has 5 heteroatoms. The number of hydrogen-bond donors (Lipinski definition) is 1. The van der Waals surface area contributed by atoms with Crippen molar-refractivity contribution < 1.29 is 14.6 Å². The van der Waals surface area contributed by atoms with Gasteiger partial charge in [0.2, 0.25) is 5.91 Å². The van der Waals surface area contributed by atoms with E-state index in [-0.39, 0.29) is 23.8 Å². The Hall–Kier alpha value is -2.63. The summed E-state index contributed by atoms with van der Waals surface area (Å²) < 4.78 is 5.81. The van der Waals surface area contributed by atoms with Gasteiger partial charge in [-0.1, -0.05) is 88.7 Å². The molecule has 0 aliphatic carbocycles. The number of aliphatic hydroxyl groups excluding tert-OH is 1. The monoisotopic (exact) mass is 467 g/mol. The zero-order valence-corrected chi connectivity index (χ0v) is 18.5. The standard InChI is InChI=1S/C25H26BrNO3/c1-19(21-10-6-3-7-11-21)27(25(29)16-26)17-24(28)22-12-14-23(15-13-22)30-18-20-8-4-2-5-9-20/h2-15,19,24,28H,16-18H2,1H3/t19-,24+/m0/s1. The molecule has 4 nitrogen and oxygen atoms in total. The Morgan fingerprint density at radius 1 is 0.933 bits per heavy atom. The van der Waals surface area contributed by atoms with Gasteiger partial charge in [-0.3, -0.25) is 4.79 Å². The first-order chi connectivity index (χ1) is 14.6. The molecule has 1 N–H and O–H groups in total. The Morgan fingerprint density at radius 2 is 1.53 bits per heavy atom. The number of carbonyl (C=O) groups excluding carboxylic acids is 1. The number of halogens is 1. The predicted molar refractivity (Wildman–Crippen MR) is 123 cm³/mol. The van der Waals surface area contributed by atoms with Crippen LogP contribution in [0.4, 0.5) is 0 Å². The first-order valence-electron chi connectivity index (χ1n) is 9.93. The van der Waals surface area contributed by atoms with Crippen molar-refractivity contribution in [2.24, 2.45) is 0 Å². The molecule has 0 aliphatic rings. The van der Waals surface area contributed by atoms with E-state index < -0.39 is 6.10 Å². The smallest absolute Gasteiger partial charge is 0.233 e. The van der Waals surface area contributed by atoms with Gasteiger partial charge in [-0.05, 0) is 35.7 Å². The molecule has 0 fully saturated rings. The zero-order valence-electron chi connectivity index (χ0n) is 16.9. The van der Waals surface area contributed by atoms with Gasteiger partial charge in [-0.25, -0.2) is 0 Å². The average molecular weight is 468 g/mol. The Balaban J connectivity index is 1.65. The molecule has 0 bridgehead atoms. The highest BCUT2D eigenvalue weighted by atomic mass is 79.9. The van der Waals surface area contributed by atoms with E-state index in [9.17, 15) is 9.90 Å². The summed E-state index contributed by atoms with van der Waals surface area (Å²) >= 11 is 3.26. The molecule has 2 atom stereocenters. The summed E-state index contributed by atoms with van der Waals surface area (Å²) in [4.78, 5) is 14.2. The van der Waals surface area contributed by atoms with Gasteiger partial charge in [0.25, 0.3) is 0 Å². The third-order valence-corrected chi connectivity index (χ3v) is 5.55. The fraction of sp³-hybridized carbons (Fsp3) is 0.240. The van der Waals surface area contributed by atoms with E-state index in [4.69, 9.17) is 4.74 Å². The number of hydrogen-bond acceptors (Lipinski definition) is 3. The van der Waals surface area contributed by atoms with Gasteiger partial charge in [-0.15, -0.1) is 0 Å². The Morgan fingerprint density at radius 3 is 2.13 bits per heavy atom. The molecule has 0 saturated carbocycles. The number of benzene rings is 3. The Labute approximate surface area is 186 Å². The van der Waals surface area contributed by atoms with E-state index >= 15 is 0 Å². The molecule has 156 valence electrons. The lowest BCUT2D eigenvalue weighted by atomic mass is 10.0. The summed E-state index contributed by atoms with van der Waals surface area (Å²) in [6, 6.07) is 27.0. The van der Waals surface area contributed by atoms with E-state index in [1.54, 1.807) is 4.90 Å². The molecule has 30 heavy (non-hydrogen) atoms. The highest BCUT2D eigenvalue weighted by Crippen LogP contribution is 2.25. The number of nitrogens with zero attached hydrogens (tertiary/aromatic N) is 1. The minimum absolute atomic E-state index is 0.0618. The maximum Gasteiger partial charge on any atom is 0.233 e. The van der Waals surface area contributed by atoms with Crippen molar-refractivity contribution in [1.82, 2.24) is 4.90 Å². The van der Waals surface area contributed by atoms with Crippen molar-refractivity contribution in [3.8, 4) is 5.75 Å². The summed E-state index contributed by atoms with van der Waals surface area (Å²) in [7, 11) is 0. The van der Waals surface area contributed by atoms with E-state index in [2.05, 4.69) is 15.9 Å². The van der Waals surface area contributed by atoms with Gasteiger partial charge in [0, 0.05) is 0 Å². The van der Waals surface area contributed by atoms with Crippen LogP contribution in [0.5, 0.6) is 5.75 Å². The van der Waals surface area contributed by atoms with E-state index in [1.165, 1.54) is 0 Å². The molecular formula is C25H26BrNO3. The molecular weight excluding hydrogens is 442 g/mol. The fourth-order valence-electron chi connectivity index (χ4n) is 3.28. The van der Waals surface area contributed by atoms with Crippen LogP contribution in [0.1, 0.15) is 35.8 Å². The third kappa shape index (κ3) is 5.94. The van der Waals surface area contributed by atoms with E-state index in [0.717, 1.165) is 22.4 Å². The molecule has 0 heterocycles. The molecule has 3 aromatic rings. The molecule has 1 amide bonds. The second kappa shape index (κ2) is 11.0. The van der Waals surface area contributed by atoms with Crippen molar-refractivity contribution in [3.63, 3.8) is 0 Å². The van der Waals surface area contributed by atoms with Crippen LogP contribution in [0.15, 0.2) is 84.9 Å². The molecule has 0 radical (unpaired) electrons. The van der Waals surface area contributed by atoms with Crippen LogP contribution in [0.2, 0.25) is 0 Å². The van der Waals surface area contributed by atoms with Crippen LogP contribution >= 0.6 is 15.9 Å². The highest BCUT2D eigenvalue weighted by Gasteiger charge is 2.24. The van der Waals surface area contributed by atoms with Gasteiger partial charge in [0.1, 0.15) is 12.4 Å². The SMILES string of the molecule is C[C@@H](c1ccccc1)N(C[C@@H](O)c1ccc(OCc2ccccc2)cc1)C(=O)CBr. The second-order valence-electron chi connectivity index (χ2n) is 7.13. The lowest BCUT2D eigenvalue weighted by Crippen LogP contribution is -2.37. The summed E-state index contributed by atoms with van der Waals surface area (Å²) in [5, 5.41) is 11.0. The summed E-state index contributed by atoms with van der Waals surface area (Å²) in [5.41, 5.74) is 2.87. The van der Waals surface area contributed by atoms with Crippen molar-refractivity contribution in [3.05, 3.63) is 102 Å². The molecule has 0 spiro atoms. The number of carbonyl (C=O) groups is 1. The van der Waals surface area contributed by atoms with Gasteiger partial charge in [0.15, 0.2) is 0 Å². The molecule has 0 saturated heterocycles. The first-order valence-corrected chi connectivity index (χ1v) is 11.1. The predicted octanol–water partition coefficient (Wildman–Crippen LogP) is 5.28. The van der Waals surface area contributed by atoms with Crippen molar-refractivity contribution >= 4 is 21.8 Å². The number of amides is 1. The number of alkyl halides is 1. The molecule has 0 aromatic heterocycles. The average Bonchev–Trinajstić information content (AvgIpc) is 2.81. The van der Waals surface area contributed by atoms with Crippen molar-refractivity contribution in [2.75, 3.05) is 11.9 Å². The maximum absolute atomic E-state index is 12.5. The topological polar surface area (TPSA) is 49.8 Å².